The van der Waals surface area contributed by atoms with Crippen LogP contribution in [0.1, 0.15) is 5.56 Å². The summed E-state index contributed by atoms with van der Waals surface area (Å²) in [5.41, 5.74) is 7.62. The van der Waals surface area contributed by atoms with Crippen LogP contribution in [0.3, 0.4) is 0 Å². The van der Waals surface area contributed by atoms with Crippen LogP contribution in [0, 0.1) is 0 Å². The van der Waals surface area contributed by atoms with E-state index >= 15 is 0 Å². The van der Waals surface area contributed by atoms with Crippen molar-refractivity contribution in [1.29, 1.82) is 0 Å². The van der Waals surface area contributed by atoms with Gasteiger partial charge in [-0.15, -0.1) is 0 Å². The molecule has 0 bridgehead atoms. The lowest BCUT2D eigenvalue weighted by Gasteiger charge is -2.35. The Hall–Kier alpha value is -2.76. The molecule has 0 radical (unpaired) electrons. The van der Waals surface area contributed by atoms with Crippen LogP contribution in [-0.2, 0) is 11.3 Å². The third kappa shape index (κ3) is 3.91. The van der Waals surface area contributed by atoms with Crippen molar-refractivity contribution in [3.63, 3.8) is 0 Å². The van der Waals surface area contributed by atoms with Crippen molar-refractivity contribution in [2.75, 3.05) is 36.8 Å². The van der Waals surface area contributed by atoms with E-state index in [0.717, 1.165) is 24.3 Å². The lowest BCUT2D eigenvalue weighted by Crippen LogP contribution is -2.49. The van der Waals surface area contributed by atoms with Crippen molar-refractivity contribution in [3.8, 4) is 0 Å². The molecule has 0 saturated carbocycles. The summed E-state index contributed by atoms with van der Waals surface area (Å²) >= 11 is 0. The first-order valence-corrected chi connectivity index (χ1v) is 7.64. The molecule has 2 heterocycles. The third-order valence-electron chi connectivity index (χ3n) is 3.88. The molecule has 0 atom stereocenters. The van der Waals surface area contributed by atoms with Crippen molar-refractivity contribution in [2.45, 2.75) is 6.61 Å². The number of hydrogen-bond donors (Lipinski definition) is 1. The second-order valence-corrected chi connectivity index (χ2v) is 5.46. The quantitative estimate of drug-likeness (QED) is 0.940. The number of carbonyl (C=O) groups excluding carboxylic acids is 1. The topological polar surface area (TPSA) is 71.7 Å². The Balaban J connectivity index is 1.48. The number of nitrogens with zero attached hydrogens (tertiary/aromatic N) is 3. The Kier molecular flexibility index (Phi) is 4.61. The first-order valence-electron chi connectivity index (χ1n) is 7.64. The summed E-state index contributed by atoms with van der Waals surface area (Å²) < 4.78 is 5.36. The van der Waals surface area contributed by atoms with E-state index in [1.54, 1.807) is 17.2 Å². The Morgan fingerprint density at radius 1 is 1.09 bits per heavy atom. The van der Waals surface area contributed by atoms with Gasteiger partial charge in [0.15, 0.2) is 0 Å². The summed E-state index contributed by atoms with van der Waals surface area (Å²) in [6, 6.07) is 13.4. The molecular formula is C17H20N4O2. The Morgan fingerprint density at radius 2 is 1.83 bits per heavy atom. The van der Waals surface area contributed by atoms with E-state index in [-0.39, 0.29) is 6.09 Å². The number of benzene rings is 1. The maximum absolute atomic E-state index is 12.1. The van der Waals surface area contributed by atoms with E-state index in [0.29, 0.717) is 25.5 Å². The summed E-state index contributed by atoms with van der Waals surface area (Å²) in [5.74, 6) is 0.511. The molecular weight excluding hydrogens is 292 g/mol. The van der Waals surface area contributed by atoms with Gasteiger partial charge < -0.3 is 20.3 Å². The zero-order valence-electron chi connectivity index (χ0n) is 12.9. The largest absolute Gasteiger partial charge is 0.445 e. The number of piperazine rings is 1. The van der Waals surface area contributed by atoms with Crippen LogP contribution in [0.25, 0.3) is 0 Å². The van der Waals surface area contributed by atoms with Gasteiger partial charge in [0.05, 0.1) is 11.9 Å². The van der Waals surface area contributed by atoms with Gasteiger partial charge in [0.1, 0.15) is 12.4 Å². The van der Waals surface area contributed by atoms with Crippen molar-refractivity contribution < 1.29 is 9.53 Å². The molecule has 3 rings (SSSR count). The number of nitrogens with two attached hydrogens (primary N) is 1. The van der Waals surface area contributed by atoms with Crippen LogP contribution < -0.4 is 10.6 Å². The average molecular weight is 312 g/mol. The predicted molar refractivity (Wildman–Crippen MR) is 89.1 cm³/mol. The molecule has 1 saturated heterocycles. The number of aromatic nitrogens is 1. The summed E-state index contributed by atoms with van der Waals surface area (Å²) in [6.07, 6.45) is 1.50. The number of carbonyl (C=O) groups is 1. The molecule has 2 aromatic rings. The van der Waals surface area contributed by atoms with Crippen molar-refractivity contribution >= 4 is 17.6 Å². The van der Waals surface area contributed by atoms with E-state index in [4.69, 9.17) is 10.5 Å². The van der Waals surface area contributed by atoms with Gasteiger partial charge >= 0.3 is 6.09 Å². The highest BCUT2D eigenvalue weighted by Crippen LogP contribution is 2.16. The fraction of sp³-hybridized carbons (Fsp3) is 0.294. The van der Waals surface area contributed by atoms with Crippen LogP contribution >= 0.6 is 0 Å². The summed E-state index contributed by atoms with van der Waals surface area (Å²) in [7, 11) is 0. The number of hydrogen-bond acceptors (Lipinski definition) is 5. The second kappa shape index (κ2) is 7.00. The lowest BCUT2D eigenvalue weighted by atomic mass is 10.2. The minimum Gasteiger partial charge on any atom is -0.445 e. The van der Waals surface area contributed by atoms with Gasteiger partial charge in [0, 0.05) is 26.2 Å². The molecule has 1 aliphatic rings. The minimum absolute atomic E-state index is 0.260. The van der Waals surface area contributed by atoms with E-state index in [1.807, 2.05) is 36.4 Å². The molecule has 6 heteroatoms. The molecule has 1 fully saturated rings. The van der Waals surface area contributed by atoms with Gasteiger partial charge in [-0.05, 0) is 17.7 Å². The van der Waals surface area contributed by atoms with Crippen molar-refractivity contribution in [3.05, 3.63) is 54.2 Å². The number of anilines is 2. The smallest absolute Gasteiger partial charge is 0.410 e. The maximum atomic E-state index is 12.1. The molecule has 0 unspecified atom stereocenters. The Morgan fingerprint density at radius 3 is 2.48 bits per heavy atom. The molecule has 1 aromatic carbocycles. The van der Waals surface area contributed by atoms with Crippen LogP contribution in [-0.4, -0.2) is 42.2 Å². The first kappa shape index (κ1) is 15.1. The van der Waals surface area contributed by atoms with E-state index in [9.17, 15) is 4.79 Å². The van der Waals surface area contributed by atoms with Crippen LogP contribution in [0.4, 0.5) is 16.3 Å². The molecule has 23 heavy (non-hydrogen) atoms. The van der Waals surface area contributed by atoms with E-state index in [1.165, 1.54) is 0 Å². The highest BCUT2D eigenvalue weighted by atomic mass is 16.6. The second-order valence-electron chi connectivity index (χ2n) is 5.46. The maximum Gasteiger partial charge on any atom is 0.410 e. The monoisotopic (exact) mass is 312 g/mol. The van der Waals surface area contributed by atoms with Crippen LogP contribution in [0.5, 0.6) is 0 Å². The number of pyridine rings is 1. The molecule has 6 nitrogen and oxygen atoms in total. The van der Waals surface area contributed by atoms with Gasteiger partial charge in [-0.1, -0.05) is 30.3 Å². The fourth-order valence-corrected chi connectivity index (χ4v) is 2.54. The zero-order valence-corrected chi connectivity index (χ0v) is 12.9. The van der Waals surface area contributed by atoms with Gasteiger partial charge in [0.2, 0.25) is 0 Å². The number of amides is 1. The molecule has 2 N–H and O–H groups in total. The number of rotatable bonds is 3. The van der Waals surface area contributed by atoms with Gasteiger partial charge in [0.25, 0.3) is 0 Å². The molecule has 1 aliphatic heterocycles. The SMILES string of the molecule is Nc1ccc(N2CCN(C(=O)OCc3ccccc3)CC2)cn1. The van der Waals surface area contributed by atoms with Crippen LogP contribution in [0.15, 0.2) is 48.7 Å². The number of ether oxygens (including phenoxy) is 1. The molecule has 120 valence electrons. The average Bonchev–Trinajstić information content (AvgIpc) is 2.61. The van der Waals surface area contributed by atoms with Gasteiger partial charge in [-0.25, -0.2) is 9.78 Å². The predicted octanol–water partition coefficient (Wildman–Crippen LogP) is 2.12. The Labute approximate surface area is 135 Å². The fourth-order valence-electron chi connectivity index (χ4n) is 2.54. The van der Waals surface area contributed by atoms with E-state index in [2.05, 4.69) is 9.88 Å². The Bertz CT molecular complexity index is 637. The lowest BCUT2D eigenvalue weighted by molar-refractivity contribution is 0.0942. The molecule has 0 aliphatic carbocycles. The van der Waals surface area contributed by atoms with Crippen LogP contribution in [0.2, 0.25) is 0 Å². The zero-order chi connectivity index (χ0) is 16.1. The molecule has 0 spiro atoms. The third-order valence-corrected chi connectivity index (χ3v) is 3.88. The molecule has 1 aromatic heterocycles. The van der Waals surface area contributed by atoms with Crippen molar-refractivity contribution in [2.24, 2.45) is 0 Å². The number of nitrogen functional groups attached to an aromatic ring is 1. The molecule has 1 amide bonds. The van der Waals surface area contributed by atoms with Crippen molar-refractivity contribution in [1.82, 2.24) is 9.88 Å². The van der Waals surface area contributed by atoms with E-state index < -0.39 is 0 Å². The summed E-state index contributed by atoms with van der Waals surface area (Å²) in [5, 5.41) is 0. The first-order chi connectivity index (χ1) is 11.2. The highest BCUT2D eigenvalue weighted by molar-refractivity contribution is 5.68. The summed E-state index contributed by atoms with van der Waals surface area (Å²) in [4.78, 5) is 20.1. The minimum atomic E-state index is -0.260. The summed E-state index contributed by atoms with van der Waals surface area (Å²) in [6.45, 7) is 3.09. The highest BCUT2D eigenvalue weighted by Gasteiger charge is 2.22. The standard InChI is InChI=1S/C17H20N4O2/c18-16-7-6-15(12-19-16)20-8-10-21(11-9-20)17(22)23-13-14-4-2-1-3-5-14/h1-7,12H,8-11,13H2,(H2,18,19). The normalized spacial score (nSPS) is 14.6. The van der Waals surface area contributed by atoms with Gasteiger partial charge in [-0.2, -0.15) is 0 Å². The van der Waals surface area contributed by atoms with Gasteiger partial charge in [-0.3, -0.25) is 0 Å².